The topological polar surface area (TPSA) is 92.7 Å². The van der Waals surface area contributed by atoms with E-state index in [2.05, 4.69) is 5.32 Å². The van der Waals surface area contributed by atoms with E-state index in [-0.39, 0.29) is 5.91 Å². The minimum atomic E-state index is -0.934. The molecule has 0 aliphatic heterocycles. The zero-order chi connectivity index (χ0) is 17.1. The molecule has 1 saturated carbocycles. The number of ether oxygens (including phenoxy) is 1. The Morgan fingerprint density at radius 1 is 1.17 bits per heavy atom. The summed E-state index contributed by atoms with van der Waals surface area (Å²) in [5, 5.41) is 12.5. The number of aryl methyl sites for hydroxylation is 1. The number of hydrogen-bond donors (Lipinski definition) is 2. The largest absolute Gasteiger partial charge is 0.481 e. The maximum absolute atomic E-state index is 12.5. The number of amides is 1. The molecule has 2 N–H and O–H groups in total. The Hall–Kier alpha value is -1.89. The molecule has 6 nitrogen and oxygen atoms in total. The summed E-state index contributed by atoms with van der Waals surface area (Å²) in [5.74, 6) is -2.98. The number of anilines is 1. The van der Waals surface area contributed by atoms with E-state index in [1.165, 1.54) is 18.4 Å². The molecule has 1 aliphatic carbocycles. The van der Waals surface area contributed by atoms with Crippen LogP contribution < -0.4 is 5.32 Å². The van der Waals surface area contributed by atoms with Gasteiger partial charge in [-0.05, 0) is 32.3 Å². The lowest BCUT2D eigenvalue weighted by atomic mass is 9.79. The third kappa shape index (κ3) is 3.55. The molecule has 0 unspecified atom stereocenters. The normalized spacial score (nSPS) is 20.8. The Kier molecular flexibility index (Phi) is 5.41. The molecule has 7 heteroatoms. The molecular formula is C16H21NO5S. The molecule has 1 heterocycles. The summed E-state index contributed by atoms with van der Waals surface area (Å²) in [6.07, 6.45) is 2.74. The van der Waals surface area contributed by atoms with E-state index < -0.39 is 23.8 Å². The van der Waals surface area contributed by atoms with Crippen molar-refractivity contribution in [2.75, 3.05) is 12.4 Å². The molecule has 126 valence electrons. The van der Waals surface area contributed by atoms with Crippen LogP contribution in [0.4, 0.5) is 5.00 Å². The van der Waals surface area contributed by atoms with Crippen molar-refractivity contribution in [1.29, 1.82) is 0 Å². The molecule has 1 fully saturated rings. The van der Waals surface area contributed by atoms with Crippen LogP contribution >= 0.6 is 11.3 Å². The van der Waals surface area contributed by atoms with Crippen molar-refractivity contribution in [3.05, 3.63) is 16.0 Å². The number of esters is 1. The molecule has 1 aliphatic rings. The molecule has 1 aromatic heterocycles. The summed E-state index contributed by atoms with van der Waals surface area (Å²) < 4.78 is 4.78. The number of carbonyl (C=O) groups is 3. The lowest BCUT2D eigenvalue weighted by Gasteiger charge is -2.27. The standard InChI is InChI=1S/C16H21NO5S/c1-8-9(2)23-14(12(8)16(21)22-3)17-13(18)10-6-4-5-7-11(10)15(19)20/h10-11H,4-7H2,1-3H3,(H,17,18)(H,19,20)/t10-,11+/m1/s1. The van der Waals surface area contributed by atoms with Gasteiger partial charge in [0.25, 0.3) is 0 Å². The molecule has 0 radical (unpaired) electrons. The van der Waals surface area contributed by atoms with Crippen LogP contribution in [0, 0.1) is 25.7 Å². The van der Waals surface area contributed by atoms with Crippen molar-refractivity contribution in [3.63, 3.8) is 0 Å². The van der Waals surface area contributed by atoms with Crippen LogP contribution in [0.1, 0.15) is 46.5 Å². The van der Waals surface area contributed by atoms with Gasteiger partial charge in [-0.25, -0.2) is 4.79 Å². The minimum Gasteiger partial charge on any atom is -0.481 e. The first-order chi connectivity index (χ1) is 10.9. The van der Waals surface area contributed by atoms with E-state index in [0.717, 1.165) is 23.3 Å². The summed E-state index contributed by atoms with van der Waals surface area (Å²) in [7, 11) is 1.29. The second kappa shape index (κ2) is 7.12. The Morgan fingerprint density at radius 3 is 2.35 bits per heavy atom. The Bertz CT molecular complexity index is 637. The van der Waals surface area contributed by atoms with E-state index >= 15 is 0 Å². The number of methoxy groups -OCH3 is 1. The summed E-state index contributed by atoms with van der Waals surface area (Å²) in [4.78, 5) is 36.7. The third-order valence-corrected chi connectivity index (χ3v) is 5.55. The van der Waals surface area contributed by atoms with E-state index in [0.29, 0.717) is 23.4 Å². The lowest BCUT2D eigenvalue weighted by molar-refractivity contribution is -0.147. The fraction of sp³-hybridized carbons (Fsp3) is 0.562. The van der Waals surface area contributed by atoms with Crippen LogP contribution in [-0.4, -0.2) is 30.1 Å². The van der Waals surface area contributed by atoms with E-state index in [4.69, 9.17) is 4.74 Å². The van der Waals surface area contributed by atoms with Crippen molar-refractivity contribution in [2.24, 2.45) is 11.8 Å². The average molecular weight is 339 g/mol. The van der Waals surface area contributed by atoms with Crippen molar-refractivity contribution in [3.8, 4) is 0 Å². The van der Waals surface area contributed by atoms with Gasteiger partial charge in [0.05, 0.1) is 24.5 Å². The quantitative estimate of drug-likeness (QED) is 0.823. The fourth-order valence-electron chi connectivity index (χ4n) is 3.01. The maximum Gasteiger partial charge on any atom is 0.341 e. The van der Waals surface area contributed by atoms with Gasteiger partial charge in [0.2, 0.25) is 5.91 Å². The lowest BCUT2D eigenvalue weighted by Crippen LogP contribution is -2.36. The molecule has 0 bridgehead atoms. The van der Waals surface area contributed by atoms with Crippen LogP contribution in [0.5, 0.6) is 0 Å². The summed E-state index contributed by atoms with van der Waals surface area (Å²) in [5.41, 5.74) is 1.13. The average Bonchev–Trinajstić information content (AvgIpc) is 2.80. The highest BCUT2D eigenvalue weighted by Crippen LogP contribution is 2.36. The van der Waals surface area contributed by atoms with Gasteiger partial charge in [-0.3, -0.25) is 9.59 Å². The zero-order valence-corrected chi connectivity index (χ0v) is 14.3. The second-order valence-electron chi connectivity index (χ2n) is 5.80. The number of carboxylic acids is 1. The van der Waals surface area contributed by atoms with Gasteiger partial charge in [0, 0.05) is 4.88 Å². The highest BCUT2D eigenvalue weighted by molar-refractivity contribution is 7.16. The van der Waals surface area contributed by atoms with E-state index in [1.54, 1.807) is 6.92 Å². The number of rotatable bonds is 4. The predicted octanol–water partition coefficient (Wildman–Crippen LogP) is 2.98. The Balaban J connectivity index is 2.24. The number of carboxylic acid groups (broad SMARTS) is 1. The number of thiophene rings is 1. The van der Waals surface area contributed by atoms with Crippen LogP contribution in [-0.2, 0) is 14.3 Å². The van der Waals surface area contributed by atoms with E-state index in [9.17, 15) is 19.5 Å². The number of hydrogen-bond acceptors (Lipinski definition) is 5. The van der Waals surface area contributed by atoms with Gasteiger partial charge in [0.15, 0.2) is 0 Å². The molecule has 0 saturated heterocycles. The highest BCUT2D eigenvalue weighted by Gasteiger charge is 2.36. The number of carbonyl (C=O) groups excluding carboxylic acids is 2. The van der Waals surface area contributed by atoms with Crippen molar-refractivity contribution in [2.45, 2.75) is 39.5 Å². The molecule has 2 rings (SSSR count). The van der Waals surface area contributed by atoms with Gasteiger partial charge in [0.1, 0.15) is 5.00 Å². The first-order valence-electron chi connectivity index (χ1n) is 7.58. The monoisotopic (exact) mass is 339 g/mol. The second-order valence-corrected chi connectivity index (χ2v) is 7.03. The van der Waals surface area contributed by atoms with Crippen LogP contribution in [0.25, 0.3) is 0 Å². The van der Waals surface area contributed by atoms with Gasteiger partial charge < -0.3 is 15.2 Å². The van der Waals surface area contributed by atoms with Gasteiger partial charge in [-0.1, -0.05) is 12.8 Å². The first kappa shape index (κ1) is 17.5. The third-order valence-electron chi connectivity index (χ3n) is 4.43. The number of aliphatic carboxylic acids is 1. The van der Waals surface area contributed by atoms with Crippen LogP contribution in [0.3, 0.4) is 0 Å². The van der Waals surface area contributed by atoms with Crippen LogP contribution in [0.2, 0.25) is 0 Å². The molecular weight excluding hydrogens is 318 g/mol. The van der Waals surface area contributed by atoms with E-state index in [1.807, 2.05) is 6.92 Å². The minimum absolute atomic E-state index is 0.330. The first-order valence-corrected chi connectivity index (χ1v) is 8.40. The molecule has 0 spiro atoms. The van der Waals surface area contributed by atoms with Crippen molar-refractivity contribution < 1.29 is 24.2 Å². The predicted molar refractivity (Wildman–Crippen MR) is 86.8 cm³/mol. The molecule has 0 aromatic carbocycles. The fourth-order valence-corrected chi connectivity index (χ4v) is 4.06. The number of nitrogens with one attached hydrogen (secondary N) is 1. The molecule has 1 amide bonds. The van der Waals surface area contributed by atoms with Gasteiger partial charge in [-0.15, -0.1) is 11.3 Å². The highest BCUT2D eigenvalue weighted by atomic mass is 32.1. The summed E-state index contributed by atoms with van der Waals surface area (Å²) in [6, 6.07) is 0. The molecule has 23 heavy (non-hydrogen) atoms. The summed E-state index contributed by atoms with van der Waals surface area (Å²) in [6.45, 7) is 3.66. The van der Waals surface area contributed by atoms with Crippen LogP contribution in [0.15, 0.2) is 0 Å². The summed E-state index contributed by atoms with van der Waals surface area (Å²) >= 11 is 1.31. The Morgan fingerprint density at radius 2 is 1.78 bits per heavy atom. The maximum atomic E-state index is 12.5. The molecule has 2 atom stereocenters. The van der Waals surface area contributed by atoms with Gasteiger partial charge in [-0.2, -0.15) is 0 Å². The SMILES string of the molecule is COC(=O)c1c(NC(=O)[C@@H]2CCCC[C@@H]2C(=O)O)sc(C)c1C. The van der Waals surface area contributed by atoms with Crippen molar-refractivity contribution in [1.82, 2.24) is 0 Å². The van der Waals surface area contributed by atoms with Crippen molar-refractivity contribution >= 4 is 34.2 Å². The molecule has 1 aromatic rings. The van der Waals surface area contributed by atoms with Gasteiger partial charge >= 0.3 is 11.9 Å². The zero-order valence-electron chi connectivity index (χ0n) is 13.5. The Labute approximate surface area is 138 Å². The smallest absolute Gasteiger partial charge is 0.341 e.